The van der Waals surface area contributed by atoms with Crippen LogP contribution >= 0.6 is 0 Å². The van der Waals surface area contributed by atoms with Gasteiger partial charge in [-0.2, -0.15) is 0 Å². The molecular weight excluding hydrogens is 406 g/mol. The monoisotopic (exact) mass is 437 g/mol. The maximum atomic E-state index is 9.85. The molecule has 0 saturated carbocycles. The van der Waals surface area contributed by atoms with Crippen molar-refractivity contribution in [1.82, 2.24) is 9.55 Å². The molecule has 0 bridgehead atoms. The van der Waals surface area contributed by atoms with Crippen LogP contribution in [0.5, 0.6) is 5.75 Å². The molecule has 170 valence electrons. The van der Waals surface area contributed by atoms with Crippen LogP contribution in [0, 0.1) is 0 Å². The number of aliphatic hydroxyl groups excluding tert-OH is 2. The highest BCUT2D eigenvalue weighted by Gasteiger charge is 2.14. The van der Waals surface area contributed by atoms with Crippen LogP contribution in [0.15, 0.2) is 67.0 Å². The van der Waals surface area contributed by atoms with Gasteiger partial charge in [-0.05, 0) is 35.7 Å². The Hall–Kier alpha value is -2.97. The number of rotatable bonds is 11. The second kappa shape index (κ2) is 11.6. The van der Waals surface area contributed by atoms with Gasteiger partial charge in [0.05, 0.1) is 12.6 Å². The molecule has 3 atom stereocenters. The van der Waals surface area contributed by atoms with Gasteiger partial charge in [0.2, 0.25) is 0 Å². The molecule has 7 heteroatoms. The first-order valence-corrected chi connectivity index (χ1v) is 10.6. The third-order valence-corrected chi connectivity index (χ3v) is 5.26. The average Bonchev–Trinajstić information content (AvgIpc) is 3.31. The zero-order valence-electron chi connectivity index (χ0n) is 18.5. The number of aliphatic hydroxyl groups is 2. The number of imidazole rings is 1. The van der Waals surface area contributed by atoms with E-state index in [1.807, 2.05) is 48.6 Å². The van der Waals surface area contributed by atoms with Crippen molar-refractivity contribution in [1.29, 1.82) is 0 Å². The Bertz CT molecular complexity index is 977. The molecule has 0 radical (unpaired) electrons. The van der Waals surface area contributed by atoms with Crippen LogP contribution in [0.25, 0.3) is 17.2 Å². The first-order chi connectivity index (χ1) is 15.5. The van der Waals surface area contributed by atoms with E-state index in [-0.39, 0.29) is 18.8 Å². The van der Waals surface area contributed by atoms with Crippen molar-refractivity contribution in [3.8, 4) is 16.9 Å². The summed E-state index contributed by atoms with van der Waals surface area (Å²) in [6.07, 6.45) is 6.42. The Balaban J connectivity index is 1.65. The summed E-state index contributed by atoms with van der Waals surface area (Å²) in [5.41, 5.74) is 8.80. The molecule has 3 rings (SSSR count). The van der Waals surface area contributed by atoms with E-state index in [1.54, 1.807) is 31.0 Å². The Labute approximate surface area is 188 Å². The number of methoxy groups -OCH3 is 1. The lowest BCUT2D eigenvalue weighted by atomic mass is 10.0. The zero-order chi connectivity index (χ0) is 22.9. The maximum Gasteiger partial charge on any atom is 0.137 e. The first-order valence-electron chi connectivity index (χ1n) is 10.6. The fourth-order valence-electron chi connectivity index (χ4n) is 3.34. The fourth-order valence-corrected chi connectivity index (χ4v) is 3.34. The minimum absolute atomic E-state index is 0.0878. The molecule has 0 saturated heterocycles. The lowest BCUT2D eigenvalue weighted by Gasteiger charge is -2.16. The maximum absolute atomic E-state index is 9.85. The molecule has 1 aromatic heterocycles. The van der Waals surface area contributed by atoms with E-state index in [2.05, 4.69) is 17.1 Å². The first kappa shape index (κ1) is 23.7. The summed E-state index contributed by atoms with van der Waals surface area (Å²) in [6, 6.07) is 15.8. The van der Waals surface area contributed by atoms with Gasteiger partial charge in [0, 0.05) is 26.0 Å². The minimum Gasteiger partial charge on any atom is -0.491 e. The van der Waals surface area contributed by atoms with Crippen molar-refractivity contribution in [3.05, 3.63) is 78.4 Å². The van der Waals surface area contributed by atoms with Crippen molar-refractivity contribution in [2.24, 2.45) is 5.73 Å². The molecule has 4 N–H and O–H groups in total. The number of aromatic nitrogens is 2. The largest absolute Gasteiger partial charge is 0.491 e. The molecular formula is C25H31N3O4. The highest BCUT2D eigenvalue weighted by Crippen LogP contribution is 2.24. The quantitative estimate of drug-likeness (QED) is 0.426. The number of nitrogens with two attached hydrogens (primary N) is 1. The molecule has 0 aliphatic heterocycles. The van der Waals surface area contributed by atoms with Crippen LogP contribution in [0.4, 0.5) is 0 Å². The third-order valence-electron chi connectivity index (χ3n) is 5.26. The molecule has 2 aromatic carbocycles. The SMILES string of the molecule is COC(CN)COc1ccc(-c2ccc(/C=C/[C@@H](CO)n3ccnc3[C@H](C)O)cc2)cc1. The van der Waals surface area contributed by atoms with Gasteiger partial charge in [0.1, 0.15) is 30.4 Å². The Morgan fingerprint density at radius 3 is 2.31 bits per heavy atom. The van der Waals surface area contributed by atoms with Crippen molar-refractivity contribution in [2.75, 3.05) is 26.9 Å². The van der Waals surface area contributed by atoms with Gasteiger partial charge < -0.3 is 30.0 Å². The summed E-state index contributed by atoms with van der Waals surface area (Å²) < 4.78 is 12.7. The number of hydrogen-bond donors (Lipinski definition) is 3. The van der Waals surface area contributed by atoms with Gasteiger partial charge in [-0.3, -0.25) is 0 Å². The van der Waals surface area contributed by atoms with Crippen LogP contribution in [0.3, 0.4) is 0 Å². The van der Waals surface area contributed by atoms with Crippen LogP contribution in [-0.4, -0.2) is 52.7 Å². The smallest absolute Gasteiger partial charge is 0.137 e. The fraction of sp³-hybridized carbons (Fsp3) is 0.320. The van der Waals surface area contributed by atoms with Crippen LogP contribution < -0.4 is 10.5 Å². The molecule has 0 amide bonds. The lowest BCUT2D eigenvalue weighted by Crippen LogP contribution is -2.28. The normalized spacial score (nSPS) is 14.4. The number of benzene rings is 2. The van der Waals surface area contributed by atoms with Gasteiger partial charge in [-0.1, -0.05) is 48.6 Å². The second-order valence-electron chi connectivity index (χ2n) is 7.53. The van der Waals surface area contributed by atoms with Crippen LogP contribution in [-0.2, 0) is 4.74 Å². The Morgan fingerprint density at radius 1 is 1.09 bits per heavy atom. The van der Waals surface area contributed by atoms with E-state index in [1.165, 1.54) is 0 Å². The number of hydrogen-bond acceptors (Lipinski definition) is 6. The summed E-state index contributed by atoms with van der Waals surface area (Å²) in [5, 5.41) is 19.6. The average molecular weight is 438 g/mol. The van der Waals surface area contributed by atoms with Crippen molar-refractivity contribution < 1.29 is 19.7 Å². The molecule has 7 nitrogen and oxygen atoms in total. The van der Waals surface area contributed by atoms with E-state index in [4.69, 9.17) is 15.2 Å². The van der Waals surface area contributed by atoms with Crippen molar-refractivity contribution >= 4 is 6.08 Å². The Morgan fingerprint density at radius 2 is 1.75 bits per heavy atom. The standard InChI is InChI=1S/C25H31N3O4/c1-18(30)25-27-13-14-28(25)22(16-29)10-5-19-3-6-20(7-4-19)21-8-11-23(12-9-21)32-17-24(15-26)31-2/h3-14,18,22,24,29-30H,15-17,26H2,1-2H3/b10-5+/t18-,22-,24?/m0/s1. The molecule has 0 fully saturated rings. The predicted octanol–water partition coefficient (Wildman–Crippen LogP) is 3.20. The van der Waals surface area contributed by atoms with Crippen LogP contribution in [0.2, 0.25) is 0 Å². The van der Waals surface area contributed by atoms with Gasteiger partial charge in [-0.15, -0.1) is 0 Å². The number of nitrogens with zero attached hydrogens (tertiary/aromatic N) is 2. The molecule has 1 unspecified atom stereocenters. The molecule has 1 heterocycles. The predicted molar refractivity (Wildman–Crippen MR) is 125 cm³/mol. The minimum atomic E-state index is -0.703. The molecule has 3 aromatic rings. The summed E-state index contributed by atoms with van der Waals surface area (Å²) >= 11 is 0. The summed E-state index contributed by atoms with van der Waals surface area (Å²) in [4.78, 5) is 4.17. The Kier molecular flexibility index (Phi) is 8.58. The highest BCUT2D eigenvalue weighted by atomic mass is 16.5. The summed E-state index contributed by atoms with van der Waals surface area (Å²) in [6.45, 7) is 2.40. The topological polar surface area (TPSA) is 103 Å². The van der Waals surface area contributed by atoms with Crippen LogP contribution in [0.1, 0.15) is 30.5 Å². The van der Waals surface area contributed by atoms with E-state index in [9.17, 15) is 10.2 Å². The van der Waals surface area contributed by atoms with Gasteiger partial charge in [0.25, 0.3) is 0 Å². The molecule has 0 aliphatic rings. The van der Waals surface area contributed by atoms with Crippen molar-refractivity contribution in [3.63, 3.8) is 0 Å². The molecule has 0 aliphatic carbocycles. The molecule has 32 heavy (non-hydrogen) atoms. The summed E-state index contributed by atoms with van der Waals surface area (Å²) in [7, 11) is 1.62. The van der Waals surface area contributed by atoms with E-state index < -0.39 is 6.10 Å². The molecule has 0 spiro atoms. The zero-order valence-corrected chi connectivity index (χ0v) is 18.5. The highest BCUT2D eigenvalue weighted by molar-refractivity contribution is 5.66. The van der Waals surface area contributed by atoms with E-state index >= 15 is 0 Å². The number of ether oxygens (including phenoxy) is 2. The van der Waals surface area contributed by atoms with Crippen molar-refractivity contribution in [2.45, 2.75) is 25.2 Å². The van der Waals surface area contributed by atoms with Gasteiger partial charge in [-0.25, -0.2) is 4.98 Å². The van der Waals surface area contributed by atoms with E-state index in [0.29, 0.717) is 19.0 Å². The lowest BCUT2D eigenvalue weighted by molar-refractivity contribution is 0.0644. The third kappa shape index (κ3) is 6.05. The van der Waals surface area contributed by atoms with E-state index in [0.717, 1.165) is 22.4 Å². The van der Waals surface area contributed by atoms with Gasteiger partial charge in [0.15, 0.2) is 0 Å². The second-order valence-corrected chi connectivity index (χ2v) is 7.53. The summed E-state index contributed by atoms with van der Waals surface area (Å²) in [5.74, 6) is 1.30. The van der Waals surface area contributed by atoms with Gasteiger partial charge >= 0.3 is 0 Å².